The van der Waals surface area contributed by atoms with Crippen molar-refractivity contribution in [3.8, 4) is 11.5 Å². The van der Waals surface area contributed by atoms with Gasteiger partial charge in [-0.2, -0.15) is 0 Å². The number of hydrogen-bond donors (Lipinski definition) is 2. The standard InChI is InChI=1S/C21H23NO5/c1-12(21(24)25)13-4-6-14(7-5-13)22-20(23)18-11-16(18)17-10-15(26-2)8-9-19(17)27-3/h4-10,12,16,18H,11H2,1-3H3,(H,22,23)(H,24,25). The highest BCUT2D eigenvalue weighted by Gasteiger charge is 2.45. The van der Waals surface area contributed by atoms with E-state index in [1.54, 1.807) is 45.4 Å². The molecule has 2 N–H and O–H groups in total. The van der Waals surface area contributed by atoms with E-state index in [2.05, 4.69) is 5.32 Å². The molecule has 2 aromatic carbocycles. The molecule has 1 amide bonds. The van der Waals surface area contributed by atoms with Crippen molar-refractivity contribution in [3.63, 3.8) is 0 Å². The van der Waals surface area contributed by atoms with Gasteiger partial charge >= 0.3 is 5.97 Å². The fraction of sp³-hybridized carbons (Fsp3) is 0.333. The first-order valence-corrected chi connectivity index (χ1v) is 8.80. The van der Waals surface area contributed by atoms with Crippen molar-refractivity contribution in [3.05, 3.63) is 53.6 Å². The molecule has 142 valence electrons. The largest absolute Gasteiger partial charge is 0.497 e. The maximum atomic E-state index is 12.6. The molecule has 1 saturated carbocycles. The summed E-state index contributed by atoms with van der Waals surface area (Å²) in [6.07, 6.45) is 0.753. The van der Waals surface area contributed by atoms with Crippen LogP contribution in [0.3, 0.4) is 0 Å². The molecule has 6 nitrogen and oxygen atoms in total. The third kappa shape index (κ3) is 4.05. The van der Waals surface area contributed by atoms with Crippen molar-refractivity contribution in [2.24, 2.45) is 5.92 Å². The van der Waals surface area contributed by atoms with Crippen molar-refractivity contribution in [2.75, 3.05) is 19.5 Å². The summed E-state index contributed by atoms with van der Waals surface area (Å²) in [5, 5.41) is 12.0. The zero-order valence-electron chi connectivity index (χ0n) is 15.6. The van der Waals surface area contributed by atoms with Crippen LogP contribution in [0.15, 0.2) is 42.5 Å². The van der Waals surface area contributed by atoms with Gasteiger partial charge in [0.15, 0.2) is 0 Å². The first kappa shape index (κ1) is 18.8. The predicted octanol–water partition coefficient (Wildman–Crippen LogP) is 3.63. The van der Waals surface area contributed by atoms with Gasteiger partial charge in [-0.15, -0.1) is 0 Å². The number of carboxylic acids is 1. The number of ether oxygens (including phenoxy) is 2. The van der Waals surface area contributed by atoms with Gasteiger partial charge in [0.2, 0.25) is 5.91 Å². The first-order chi connectivity index (χ1) is 12.9. The summed E-state index contributed by atoms with van der Waals surface area (Å²) >= 11 is 0. The SMILES string of the molecule is COc1ccc(OC)c(C2CC2C(=O)Nc2ccc(C(C)C(=O)O)cc2)c1. The van der Waals surface area contributed by atoms with Crippen LogP contribution in [0.2, 0.25) is 0 Å². The van der Waals surface area contributed by atoms with Crippen LogP contribution in [0, 0.1) is 5.92 Å². The summed E-state index contributed by atoms with van der Waals surface area (Å²) in [5.74, 6) is -0.0417. The zero-order valence-corrected chi connectivity index (χ0v) is 15.6. The molecular weight excluding hydrogens is 346 g/mol. The maximum absolute atomic E-state index is 12.6. The molecule has 1 aliphatic rings. The van der Waals surface area contributed by atoms with Crippen molar-refractivity contribution < 1.29 is 24.2 Å². The van der Waals surface area contributed by atoms with Gasteiger partial charge in [-0.3, -0.25) is 9.59 Å². The lowest BCUT2D eigenvalue weighted by atomic mass is 10.0. The van der Waals surface area contributed by atoms with E-state index in [1.165, 1.54) is 0 Å². The third-order valence-electron chi connectivity index (χ3n) is 5.01. The molecule has 0 aromatic heterocycles. The summed E-state index contributed by atoms with van der Waals surface area (Å²) in [4.78, 5) is 23.6. The van der Waals surface area contributed by atoms with Gasteiger partial charge in [-0.05, 0) is 49.2 Å². The Hall–Kier alpha value is -3.02. The minimum atomic E-state index is -0.875. The number of carbonyl (C=O) groups excluding carboxylic acids is 1. The second-order valence-corrected chi connectivity index (χ2v) is 6.73. The quantitative estimate of drug-likeness (QED) is 0.778. The molecule has 0 spiro atoms. The number of rotatable bonds is 7. The smallest absolute Gasteiger partial charge is 0.310 e. The van der Waals surface area contributed by atoms with Gasteiger partial charge < -0.3 is 19.9 Å². The van der Waals surface area contributed by atoms with E-state index >= 15 is 0 Å². The van der Waals surface area contributed by atoms with Crippen LogP contribution in [0.25, 0.3) is 0 Å². The van der Waals surface area contributed by atoms with E-state index in [4.69, 9.17) is 14.6 Å². The summed E-state index contributed by atoms with van der Waals surface area (Å²) in [6, 6.07) is 12.5. The average molecular weight is 369 g/mol. The minimum absolute atomic E-state index is 0.0519. The lowest BCUT2D eigenvalue weighted by molar-refractivity contribution is -0.138. The molecular formula is C21H23NO5. The van der Waals surface area contributed by atoms with E-state index in [-0.39, 0.29) is 17.7 Å². The highest BCUT2D eigenvalue weighted by Crippen LogP contribution is 2.51. The van der Waals surface area contributed by atoms with E-state index < -0.39 is 11.9 Å². The van der Waals surface area contributed by atoms with Crippen LogP contribution in [0.1, 0.15) is 36.3 Å². The molecule has 0 bridgehead atoms. The zero-order chi connectivity index (χ0) is 19.6. The summed E-state index contributed by atoms with van der Waals surface area (Å²) in [7, 11) is 3.22. The normalized spacial score (nSPS) is 19.1. The van der Waals surface area contributed by atoms with Crippen molar-refractivity contribution in [1.29, 1.82) is 0 Å². The Morgan fingerprint density at radius 1 is 1.11 bits per heavy atom. The van der Waals surface area contributed by atoms with Crippen molar-refractivity contribution in [1.82, 2.24) is 0 Å². The molecule has 6 heteroatoms. The highest BCUT2D eigenvalue weighted by atomic mass is 16.5. The topological polar surface area (TPSA) is 84.9 Å². The molecule has 0 aliphatic heterocycles. The Bertz CT molecular complexity index is 846. The number of carbonyl (C=O) groups is 2. The van der Waals surface area contributed by atoms with Gasteiger partial charge in [0.05, 0.1) is 20.1 Å². The molecule has 2 aromatic rings. The lowest BCUT2D eigenvalue weighted by Crippen LogP contribution is -2.15. The Morgan fingerprint density at radius 3 is 2.41 bits per heavy atom. The van der Waals surface area contributed by atoms with Gasteiger partial charge in [-0.1, -0.05) is 12.1 Å². The molecule has 1 fully saturated rings. The molecule has 0 radical (unpaired) electrons. The second kappa shape index (κ2) is 7.70. The van der Waals surface area contributed by atoms with Crippen molar-refractivity contribution >= 4 is 17.6 Å². The van der Waals surface area contributed by atoms with E-state index in [0.717, 1.165) is 23.5 Å². The van der Waals surface area contributed by atoms with E-state index in [1.807, 2.05) is 18.2 Å². The number of amides is 1. The number of anilines is 1. The van der Waals surface area contributed by atoms with Gasteiger partial charge in [0, 0.05) is 23.1 Å². The van der Waals surface area contributed by atoms with Crippen LogP contribution < -0.4 is 14.8 Å². The summed E-state index contributed by atoms with van der Waals surface area (Å²) in [6.45, 7) is 1.63. The molecule has 3 unspecified atom stereocenters. The minimum Gasteiger partial charge on any atom is -0.497 e. The molecule has 3 rings (SSSR count). The number of methoxy groups -OCH3 is 2. The Labute approximate surface area is 158 Å². The number of aliphatic carboxylic acids is 1. The number of hydrogen-bond acceptors (Lipinski definition) is 4. The predicted molar refractivity (Wildman–Crippen MR) is 102 cm³/mol. The van der Waals surface area contributed by atoms with Crippen LogP contribution in [-0.2, 0) is 9.59 Å². The molecule has 0 heterocycles. The molecule has 1 aliphatic carbocycles. The van der Waals surface area contributed by atoms with Crippen LogP contribution >= 0.6 is 0 Å². The number of benzene rings is 2. The highest BCUT2D eigenvalue weighted by molar-refractivity contribution is 5.95. The summed E-state index contributed by atoms with van der Waals surface area (Å²) in [5.41, 5.74) is 2.33. The Kier molecular flexibility index (Phi) is 5.35. The average Bonchev–Trinajstić information content (AvgIpc) is 3.48. The molecule has 27 heavy (non-hydrogen) atoms. The van der Waals surface area contributed by atoms with E-state index in [0.29, 0.717) is 11.3 Å². The number of nitrogens with one attached hydrogen (secondary N) is 1. The Morgan fingerprint density at radius 2 is 1.81 bits per heavy atom. The van der Waals surface area contributed by atoms with Crippen molar-refractivity contribution in [2.45, 2.75) is 25.2 Å². The fourth-order valence-corrected chi connectivity index (χ4v) is 3.19. The second-order valence-electron chi connectivity index (χ2n) is 6.73. The maximum Gasteiger partial charge on any atom is 0.310 e. The number of carboxylic acid groups (broad SMARTS) is 1. The van der Waals surface area contributed by atoms with Gasteiger partial charge in [0.1, 0.15) is 11.5 Å². The van der Waals surface area contributed by atoms with Crippen LogP contribution in [0.4, 0.5) is 5.69 Å². The monoisotopic (exact) mass is 369 g/mol. The van der Waals surface area contributed by atoms with Crippen LogP contribution in [-0.4, -0.2) is 31.2 Å². The Balaban J connectivity index is 1.66. The molecule has 0 saturated heterocycles. The van der Waals surface area contributed by atoms with Crippen LogP contribution in [0.5, 0.6) is 11.5 Å². The van der Waals surface area contributed by atoms with Gasteiger partial charge in [0.25, 0.3) is 0 Å². The lowest BCUT2D eigenvalue weighted by Gasteiger charge is -2.11. The third-order valence-corrected chi connectivity index (χ3v) is 5.01. The molecule has 3 atom stereocenters. The summed E-state index contributed by atoms with van der Waals surface area (Å²) < 4.78 is 10.7. The fourth-order valence-electron chi connectivity index (χ4n) is 3.19. The first-order valence-electron chi connectivity index (χ1n) is 8.80. The van der Waals surface area contributed by atoms with E-state index in [9.17, 15) is 9.59 Å². The van der Waals surface area contributed by atoms with Gasteiger partial charge in [-0.25, -0.2) is 0 Å².